The van der Waals surface area contributed by atoms with Crippen molar-refractivity contribution >= 4 is 28.3 Å². The van der Waals surface area contributed by atoms with Gasteiger partial charge in [0.15, 0.2) is 0 Å². The lowest BCUT2D eigenvalue weighted by Gasteiger charge is -2.21. The number of rotatable bonds is 6. The lowest BCUT2D eigenvalue weighted by atomic mass is 9.96. The minimum atomic E-state index is -0.348. The van der Waals surface area contributed by atoms with Crippen molar-refractivity contribution in [2.24, 2.45) is 0 Å². The van der Waals surface area contributed by atoms with Gasteiger partial charge in [-0.15, -0.1) is 0 Å². The van der Waals surface area contributed by atoms with Crippen molar-refractivity contribution < 1.29 is 14.3 Å². The first-order valence-corrected chi connectivity index (χ1v) is 9.56. The summed E-state index contributed by atoms with van der Waals surface area (Å²) in [4.78, 5) is 26.6. The molecule has 0 fully saturated rings. The van der Waals surface area contributed by atoms with E-state index < -0.39 is 0 Å². The summed E-state index contributed by atoms with van der Waals surface area (Å²) < 4.78 is 5.26. The first kappa shape index (κ1) is 20.4. The van der Waals surface area contributed by atoms with E-state index in [1.807, 2.05) is 74.5 Å². The van der Waals surface area contributed by atoms with Crippen LogP contribution in [0.3, 0.4) is 0 Å². The summed E-state index contributed by atoms with van der Waals surface area (Å²) in [5.41, 5.74) is 2.76. The van der Waals surface area contributed by atoms with Crippen molar-refractivity contribution in [1.82, 2.24) is 4.90 Å². The number of methoxy groups -OCH3 is 1. The quantitative estimate of drug-likeness (QED) is 0.680. The molecule has 1 atom stereocenters. The van der Waals surface area contributed by atoms with E-state index in [0.717, 1.165) is 33.3 Å². The number of likely N-dealkylation sites (N-methyl/N-ethyl adjacent to an activating group) is 1. The number of ether oxygens (including phenoxy) is 1. The summed E-state index contributed by atoms with van der Waals surface area (Å²) >= 11 is 0. The molecule has 29 heavy (non-hydrogen) atoms. The molecule has 5 heteroatoms. The number of benzene rings is 3. The van der Waals surface area contributed by atoms with Crippen molar-refractivity contribution in [2.75, 3.05) is 26.0 Å². The molecular weight excluding hydrogens is 364 g/mol. The number of anilines is 1. The third-order valence-electron chi connectivity index (χ3n) is 5.03. The standard InChI is InChI=1S/C24H26N2O3/c1-16-5-10-21(11-6-16)25-23(27)15-26(3)24(28)17(2)18-7-8-20-14-22(29-4)12-9-19(20)13-18/h5-14,17H,15H2,1-4H3,(H,25,27)/t17-/m0/s1. The Morgan fingerprint density at radius 3 is 2.34 bits per heavy atom. The third kappa shape index (κ3) is 4.93. The normalized spacial score (nSPS) is 11.7. The molecule has 0 saturated carbocycles. The van der Waals surface area contributed by atoms with E-state index in [1.54, 1.807) is 14.2 Å². The SMILES string of the molecule is COc1ccc2cc([C@H](C)C(=O)N(C)CC(=O)Nc3ccc(C)cc3)ccc2c1. The van der Waals surface area contributed by atoms with Crippen molar-refractivity contribution in [2.45, 2.75) is 19.8 Å². The fraction of sp³-hybridized carbons (Fsp3) is 0.250. The molecule has 3 aromatic rings. The molecule has 0 radical (unpaired) electrons. The molecule has 0 aliphatic rings. The van der Waals surface area contributed by atoms with Gasteiger partial charge in [0.2, 0.25) is 11.8 Å². The van der Waals surface area contributed by atoms with Gasteiger partial charge in [0.1, 0.15) is 5.75 Å². The summed E-state index contributed by atoms with van der Waals surface area (Å²) in [6, 6.07) is 19.4. The zero-order valence-electron chi connectivity index (χ0n) is 17.2. The van der Waals surface area contributed by atoms with Crippen LogP contribution in [-0.2, 0) is 9.59 Å². The molecule has 0 heterocycles. The fourth-order valence-electron chi connectivity index (χ4n) is 3.24. The van der Waals surface area contributed by atoms with Gasteiger partial charge in [0.05, 0.1) is 19.6 Å². The molecule has 0 spiro atoms. The molecule has 0 unspecified atom stereocenters. The van der Waals surface area contributed by atoms with Gasteiger partial charge in [0, 0.05) is 12.7 Å². The number of hydrogen-bond acceptors (Lipinski definition) is 3. The van der Waals surface area contributed by atoms with E-state index >= 15 is 0 Å². The highest BCUT2D eigenvalue weighted by atomic mass is 16.5. The topological polar surface area (TPSA) is 58.6 Å². The van der Waals surface area contributed by atoms with E-state index in [-0.39, 0.29) is 24.3 Å². The molecule has 1 N–H and O–H groups in total. The van der Waals surface area contributed by atoms with Crippen LogP contribution in [0.4, 0.5) is 5.69 Å². The van der Waals surface area contributed by atoms with Crippen molar-refractivity contribution in [3.8, 4) is 5.75 Å². The van der Waals surface area contributed by atoms with Gasteiger partial charge in [-0.3, -0.25) is 9.59 Å². The maximum atomic E-state index is 12.8. The highest BCUT2D eigenvalue weighted by molar-refractivity contribution is 5.95. The Morgan fingerprint density at radius 1 is 1.00 bits per heavy atom. The summed E-state index contributed by atoms with van der Waals surface area (Å²) in [6.07, 6.45) is 0. The summed E-state index contributed by atoms with van der Waals surface area (Å²) in [6.45, 7) is 3.85. The Hall–Kier alpha value is -3.34. The van der Waals surface area contributed by atoms with E-state index in [4.69, 9.17) is 4.74 Å². The number of nitrogens with one attached hydrogen (secondary N) is 1. The Morgan fingerprint density at radius 2 is 1.66 bits per heavy atom. The van der Waals surface area contributed by atoms with Gasteiger partial charge in [-0.1, -0.05) is 42.0 Å². The van der Waals surface area contributed by atoms with Crippen LogP contribution in [0.15, 0.2) is 60.7 Å². The van der Waals surface area contributed by atoms with E-state index in [2.05, 4.69) is 5.32 Å². The molecule has 0 aliphatic carbocycles. The molecule has 0 aliphatic heterocycles. The lowest BCUT2D eigenvalue weighted by molar-refractivity contribution is -0.134. The maximum absolute atomic E-state index is 12.8. The molecule has 3 aromatic carbocycles. The van der Waals surface area contributed by atoms with E-state index in [0.29, 0.717) is 0 Å². The Kier molecular flexibility index (Phi) is 6.17. The van der Waals surface area contributed by atoms with Gasteiger partial charge in [-0.2, -0.15) is 0 Å². The molecule has 0 aromatic heterocycles. The van der Waals surface area contributed by atoms with Crippen LogP contribution < -0.4 is 10.1 Å². The molecule has 5 nitrogen and oxygen atoms in total. The molecule has 0 saturated heterocycles. The zero-order valence-corrected chi connectivity index (χ0v) is 17.2. The number of aryl methyl sites for hydroxylation is 1. The predicted octanol–water partition coefficient (Wildman–Crippen LogP) is 4.36. The van der Waals surface area contributed by atoms with Gasteiger partial charge < -0.3 is 15.0 Å². The number of carbonyl (C=O) groups excluding carboxylic acids is 2. The Balaban J connectivity index is 1.66. The van der Waals surface area contributed by atoms with Crippen LogP contribution in [0.25, 0.3) is 10.8 Å². The van der Waals surface area contributed by atoms with Crippen LogP contribution in [0.1, 0.15) is 24.0 Å². The first-order chi connectivity index (χ1) is 13.9. The average molecular weight is 390 g/mol. The van der Waals surface area contributed by atoms with Crippen LogP contribution in [0, 0.1) is 6.92 Å². The van der Waals surface area contributed by atoms with Gasteiger partial charge in [0.25, 0.3) is 0 Å². The van der Waals surface area contributed by atoms with Crippen molar-refractivity contribution in [1.29, 1.82) is 0 Å². The average Bonchev–Trinajstić information content (AvgIpc) is 2.73. The number of nitrogens with zero attached hydrogens (tertiary/aromatic N) is 1. The largest absolute Gasteiger partial charge is 0.497 e. The maximum Gasteiger partial charge on any atom is 0.243 e. The second-order valence-electron chi connectivity index (χ2n) is 7.30. The zero-order chi connectivity index (χ0) is 21.0. The van der Waals surface area contributed by atoms with Gasteiger partial charge in [-0.25, -0.2) is 0 Å². The van der Waals surface area contributed by atoms with Crippen LogP contribution in [0.5, 0.6) is 5.75 Å². The smallest absolute Gasteiger partial charge is 0.243 e. The second-order valence-corrected chi connectivity index (χ2v) is 7.30. The van der Waals surface area contributed by atoms with E-state index in [9.17, 15) is 9.59 Å². The predicted molar refractivity (Wildman–Crippen MR) is 116 cm³/mol. The highest BCUT2D eigenvalue weighted by Gasteiger charge is 2.21. The minimum absolute atomic E-state index is 0.00182. The molecule has 2 amide bonds. The number of fused-ring (bicyclic) bond motifs is 1. The third-order valence-corrected chi connectivity index (χ3v) is 5.03. The summed E-state index contributed by atoms with van der Waals surface area (Å²) in [7, 11) is 3.29. The summed E-state index contributed by atoms with van der Waals surface area (Å²) in [5.74, 6) is 0.131. The summed E-state index contributed by atoms with van der Waals surface area (Å²) in [5, 5.41) is 4.92. The van der Waals surface area contributed by atoms with Crippen LogP contribution in [-0.4, -0.2) is 37.4 Å². The fourth-order valence-corrected chi connectivity index (χ4v) is 3.24. The number of hydrogen-bond donors (Lipinski definition) is 1. The van der Waals surface area contributed by atoms with E-state index in [1.165, 1.54) is 4.90 Å². The number of carbonyl (C=O) groups is 2. The van der Waals surface area contributed by atoms with Crippen molar-refractivity contribution in [3.63, 3.8) is 0 Å². The van der Waals surface area contributed by atoms with Gasteiger partial charge >= 0.3 is 0 Å². The van der Waals surface area contributed by atoms with Gasteiger partial charge in [-0.05, 0) is 54.4 Å². The Bertz CT molecular complexity index is 1030. The number of amides is 2. The lowest BCUT2D eigenvalue weighted by Crippen LogP contribution is -2.37. The molecule has 3 rings (SSSR count). The monoisotopic (exact) mass is 390 g/mol. The van der Waals surface area contributed by atoms with Crippen molar-refractivity contribution in [3.05, 3.63) is 71.8 Å². The molecule has 150 valence electrons. The Labute approximate surface area is 171 Å². The second kappa shape index (κ2) is 8.78. The first-order valence-electron chi connectivity index (χ1n) is 9.56. The van der Waals surface area contributed by atoms with Crippen LogP contribution in [0.2, 0.25) is 0 Å². The molecular formula is C24H26N2O3. The van der Waals surface area contributed by atoms with Crippen LogP contribution >= 0.6 is 0 Å². The minimum Gasteiger partial charge on any atom is -0.497 e. The highest BCUT2D eigenvalue weighted by Crippen LogP contribution is 2.26. The molecule has 0 bridgehead atoms.